The van der Waals surface area contributed by atoms with Crippen LogP contribution < -0.4 is 5.73 Å². The first kappa shape index (κ1) is 12.9. The first-order valence-electron chi connectivity index (χ1n) is 3.89. The van der Waals surface area contributed by atoms with Crippen LogP contribution in [0.25, 0.3) is 0 Å². The molecule has 0 aliphatic carbocycles. The summed E-state index contributed by atoms with van der Waals surface area (Å²) in [6, 6.07) is -0.591. The number of imide groups is 2. The van der Waals surface area contributed by atoms with E-state index in [9.17, 15) is 14.4 Å². The highest BCUT2D eigenvalue weighted by Crippen LogP contribution is 2.08. The summed E-state index contributed by atoms with van der Waals surface area (Å²) in [5, 5.41) is 0. The molecule has 1 heterocycles. The Bertz CT molecular complexity index is 269. The van der Waals surface area contributed by atoms with Crippen molar-refractivity contribution in [3.05, 3.63) is 0 Å². The molecule has 0 atom stereocenters. The van der Waals surface area contributed by atoms with Crippen LogP contribution in [0.4, 0.5) is 4.79 Å². The minimum atomic E-state index is -0.591. The number of hydrogen-bond donors (Lipinski definition) is 1. The molecule has 0 spiro atoms. The molecule has 6 nitrogen and oxygen atoms in total. The number of urea groups is 1. The smallest absolute Gasteiger partial charge is 0.329 e. The molecule has 0 saturated carbocycles. The maximum Gasteiger partial charge on any atom is 0.333 e. The van der Waals surface area contributed by atoms with Crippen LogP contribution in [0.3, 0.4) is 0 Å². The fourth-order valence-corrected chi connectivity index (χ4v) is 1.09. The van der Waals surface area contributed by atoms with E-state index in [2.05, 4.69) is 0 Å². The van der Waals surface area contributed by atoms with E-state index in [4.69, 9.17) is 5.73 Å². The standard InChI is InChI=1S/C7H11N3O3.ClH/c1-9-5(11)4-6(12)10(3-2-8)7(9)13;/h2-4,8H2,1H3;1H. The van der Waals surface area contributed by atoms with Gasteiger partial charge < -0.3 is 5.73 Å². The Kier molecular flexibility index (Phi) is 4.52. The number of barbiturate groups is 1. The summed E-state index contributed by atoms with van der Waals surface area (Å²) in [6.07, 6.45) is -0.248. The molecule has 1 saturated heterocycles. The van der Waals surface area contributed by atoms with Crippen LogP contribution in [0.15, 0.2) is 0 Å². The molecule has 0 radical (unpaired) electrons. The van der Waals surface area contributed by atoms with Crippen molar-refractivity contribution in [1.29, 1.82) is 0 Å². The molecule has 80 valence electrons. The second-order valence-electron chi connectivity index (χ2n) is 2.75. The number of hydrogen-bond acceptors (Lipinski definition) is 4. The number of carbonyl (C=O) groups excluding carboxylic acids is 3. The molecular formula is C7H12ClN3O3. The highest BCUT2D eigenvalue weighted by molar-refractivity contribution is 6.13. The van der Waals surface area contributed by atoms with E-state index < -0.39 is 17.8 Å². The van der Waals surface area contributed by atoms with Gasteiger partial charge in [0.25, 0.3) is 0 Å². The van der Waals surface area contributed by atoms with Gasteiger partial charge in [0.2, 0.25) is 11.8 Å². The van der Waals surface area contributed by atoms with Crippen molar-refractivity contribution in [2.24, 2.45) is 5.73 Å². The molecule has 1 rings (SSSR count). The van der Waals surface area contributed by atoms with Gasteiger partial charge in [0.05, 0.1) is 0 Å². The maximum atomic E-state index is 11.3. The predicted molar refractivity (Wildman–Crippen MR) is 50.8 cm³/mol. The number of rotatable bonds is 2. The molecule has 0 bridgehead atoms. The fourth-order valence-electron chi connectivity index (χ4n) is 1.09. The lowest BCUT2D eigenvalue weighted by Gasteiger charge is -2.29. The molecule has 7 heteroatoms. The third-order valence-corrected chi connectivity index (χ3v) is 1.85. The minimum Gasteiger partial charge on any atom is -0.329 e. The van der Waals surface area contributed by atoms with Gasteiger partial charge in [-0.2, -0.15) is 0 Å². The molecule has 0 unspecified atom stereocenters. The maximum absolute atomic E-state index is 11.3. The monoisotopic (exact) mass is 221 g/mol. The van der Waals surface area contributed by atoms with E-state index in [0.717, 1.165) is 9.80 Å². The Balaban J connectivity index is 0.00000169. The van der Waals surface area contributed by atoms with Crippen molar-refractivity contribution in [2.75, 3.05) is 20.1 Å². The van der Waals surface area contributed by atoms with Gasteiger partial charge in [0.15, 0.2) is 0 Å². The minimum absolute atomic E-state index is 0. The number of nitrogens with zero attached hydrogens (tertiary/aromatic N) is 2. The first-order valence-corrected chi connectivity index (χ1v) is 3.89. The van der Waals surface area contributed by atoms with Gasteiger partial charge in [-0.05, 0) is 0 Å². The number of halogens is 1. The molecule has 1 fully saturated rings. The lowest BCUT2D eigenvalue weighted by molar-refractivity contribution is -0.141. The number of amides is 4. The Labute approximate surface area is 87.4 Å². The summed E-state index contributed by atoms with van der Waals surface area (Å²) in [5.41, 5.74) is 5.21. The van der Waals surface area contributed by atoms with Crippen molar-refractivity contribution >= 4 is 30.3 Å². The quantitative estimate of drug-likeness (QED) is 0.618. The zero-order valence-corrected chi connectivity index (χ0v) is 8.54. The lowest BCUT2D eigenvalue weighted by Crippen LogP contribution is -2.54. The van der Waals surface area contributed by atoms with Crippen LogP contribution in [0, 0.1) is 0 Å². The van der Waals surface area contributed by atoms with Gasteiger partial charge in [0, 0.05) is 20.1 Å². The summed E-state index contributed by atoms with van der Waals surface area (Å²) < 4.78 is 0. The fraction of sp³-hybridized carbons (Fsp3) is 0.571. The normalized spacial score (nSPS) is 17.1. The van der Waals surface area contributed by atoms with E-state index in [0.29, 0.717) is 0 Å². The van der Waals surface area contributed by atoms with E-state index >= 15 is 0 Å². The van der Waals surface area contributed by atoms with Gasteiger partial charge >= 0.3 is 6.03 Å². The predicted octanol–water partition coefficient (Wildman–Crippen LogP) is -0.822. The van der Waals surface area contributed by atoms with Crippen LogP contribution in [-0.4, -0.2) is 47.8 Å². The van der Waals surface area contributed by atoms with Crippen molar-refractivity contribution < 1.29 is 14.4 Å². The van der Waals surface area contributed by atoms with Crippen molar-refractivity contribution in [2.45, 2.75) is 6.42 Å². The largest absolute Gasteiger partial charge is 0.333 e. The Morgan fingerprint density at radius 3 is 2.36 bits per heavy atom. The molecule has 1 aliphatic heterocycles. The summed E-state index contributed by atoms with van der Waals surface area (Å²) in [6.45, 7) is 0.370. The highest BCUT2D eigenvalue weighted by atomic mass is 35.5. The van der Waals surface area contributed by atoms with E-state index in [1.165, 1.54) is 7.05 Å². The zero-order chi connectivity index (χ0) is 10.0. The van der Waals surface area contributed by atoms with E-state index in [1.54, 1.807) is 0 Å². The summed E-state index contributed by atoms with van der Waals surface area (Å²) >= 11 is 0. The Morgan fingerprint density at radius 1 is 1.29 bits per heavy atom. The van der Waals surface area contributed by atoms with Crippen molar-refractivity contribution in [3.8, 4) is 0 Å². The third-order valence-electron chi connectivity index (χ3n) is 1.85. The van der Waals surface area contributed by atoms with Gasteiger partial charge in [-0.1, -0.05) is 0 Å². The topological polar surface area (TPSA) is 83.7 Å². The second-order valence-corrected chi connectivity index (χ2v) is 2.75. The van der Waals surface area contributed by atoms with Gasteiger partial charge in [-0.3, -0.25) is 19.4 Å². The lowest BCUT2D eigenvalue weighted by atomic mass is 10.2. The second kappa shape index (κ2) is 4.92. The SMILES string of the molecule is CN1C(=O)CC(=O)N(CCN)C1=O.Cl. The summed E-state index contributed by atoms with van der Waals surface area (Å²) in [5.74, 6) is -0.943. The first-order chi connectivity index (χ1) is 6.07. The third kappa shape index (κ3) is 2.21. The molecule has 0 aromatic carbocycles. The summed E-state index contributed by atoms with van der Waals surface area (Å²) in [7, 11) is 1.35. The van der Waals surface area contributed by atoms with Crippen LogP contribution in [0.2, 0.25) is 0 Å². The van der Waals surface area contributed by atoms with Crippen LogP contribution in [-0.2, 0) is 9.59 Å². The zero-order valence-electron chi connectivity index (χ0n) is 7.73. The molecule has 14 heavy (non-hydrogen) atoms. The van der Waals surface area contributed by atoms with Crippen molar-refractivity contribution in [3.63, 3.8) is 0 Å². The highest BCUT2D eigenvalue weighted by Gasteiger charge is 2.34. The number of carbonyl (C=O) groups is 3. The molecule has 0 aromatic heterocycles. The van der Waals surface area contributed by atoms with Crippen LogP contribution >= 0.6 is 12.4 Å². The van der Waals surface area contributed by atoms with Gasteiger partial charge in [-0.25, -0.2) is 4.79 Å². The molecular weight excluding hydrogens is 210 g/mol. The molecule has 4 amide bonds. The summed E-state index contributed by atoms with van der Waals surface area (Å²) in [4.78, 5) is 35.3. The average molecular weight is 222 g/mol. The molecule has 1 aliphatic rings. The van der Waals surface area contributed by atoms with Crippen LogP contribution in [0.5, 0.6) is 0 Å². The van der Waals surface area contributed by atoms with Gasteiger partial charge in [-0.15, -0.1) is 12.4 Å². The molecule has 0 aromatic rings. The van der Waals surface area contributed by atoms with E-state index in [1.807, 2.05) is 0 Å². The average Bonchev–Trinajstić information content (AvgIpc) is 2.09. The molecule has 2 N–H and O–H groups in total. The van der Waals surface area contributed by atoms with Crippen LogP contribution in [0.1, 0.15) is 6.42 Å². The van der Waals surface area contributed by atoms with Gasteiger partial charge in [0.1, 0.15) is 6.42 Å². The number of nitrogens with two attached hydrogens (primary N) is 1. The van der Waals surface area contributed by atoms with E-state index in [-0.39, 0.29) is 31.9 Å². The Morgan fingerprint density at radius 2 is 1.86 bits per heavy atom. The Hall–Kier alpha value is -1.14. The van der Waals surface area contributed by atoms with Crippen molar-refractivity contribution in [1.82, 2.24) is 9.80 Å².